The molecule has 0 saturated heterocycles. The van der Waals surface area contributed by atoms with Crippen LogP contribution in [-0.4, -0.2) is 30.6 Å². The molecule has 0 fully saturated rings. The van der Waals surface area contributed by atoms with Gasteiger partial charge in [-0.05, 0) is 50.3 Å². The molecule has 0 unspecified atom stereocenters. The van der Waals surface area contributed by atoms with Crippen LogP contribution < -0.4 is 14.8 Å². The van der Waals surface area contributed by atoms with Crippen molar-refractivity contribution >= 4 is 22.9 Å². The molecule has 1 atom stereocenters. The quantitative estimate of drug-likeness (QED) is 0.591. The van der Waals surface area contributed by atoms with Crippen LogP contribution in [0.1, 0.15) is 37.9 Å². The Morgan fingerprint density at radius 2 is 1.84 bits per heavy atom. The third-order valence-electron chi connectivity index (χ3n) is 4.73. The van der Waals surface area contributed by atoms with Crippen molar-refractivity contribution in [3.63, 3.8) is 0 Å². The highest BCUT2D eigenvalue weighted by Gasteiger charge is 2.30. The molecule has 2 aromatic carbocycles. The summed E-state index contributed by atoms with van der Waals surface area (Å²) in [6.45, 7) is 6.83. The number of nitrogens with one attached hydrogen (secondary N) is 1. The number of hydrogen-bond donors (Lipinski definition) is 1. The number of thioether (sulfide) groups is 1. The second-order valence-corrected chi connectivity index (χ2v) is 7.63. The SMILES string of the molecule is CCOC(=O)C1=C(C)NC(SC)=N[C@@H]1c1ccc(OCc2ccccc2)c(OCC)c1. The fraction of sp³-hybridized carbons (Fsp3) is 0.333. The van der Waals surface area contributed by atoms with Gasteiger partial charge in [-0.3, -0.25) is 0 Å². The van der Waals surface area contributed by atoms with E-state index in [9.17, 15) is 4.79 Å². The molecule has 7 heteroatoms. The molecule has 1 heterocycles. The number of amidine groups is 1. The van der Waals surface area contributed by atoms with Crippen LogP contribution in [0, 0.1) is 0 Å². The van der Waals surface area contributed by atoms with Gasteiger partial charge in [0.15, 0.2) is 16.7 Å². The van der Waals surface area contributed by atoms with Crippen molar-refractivity contribution in [3.05, 3.63) is 70.9 Å². The molecule has 0 bridgehead atoms. The Hall–Kier alpha value is -2.93. The van der Waals surface area contributed by atoms with Gasteiger partial charge < -0.3 is 19.5 Å². The van der Waals surface area contributed by atoms with E-state index in [1.54, 1.807) is 6.92 Å². The predicted molar refractivity (Wildman–Crippen MR) is 125 cm³/mol. The minimum atomic E-state index is -0.481. The Labute approximate surface area is 187 Å². The van der Waals surface area contributed by atoms with Crippen LogP contribution >= 0.6 is 11.8 Å². The lowest BCUT2D eigenvalue weighted by Crippen LogP contribution is -2.30. The number of ether oxygens (including phenoxy) is 3. The average molecular weight is 441 g/mol. The van der Waals surface area contributed by atoms with Crippen LogP contribution in [0.5, 0.6) is 11.5 Å². The zero-order valence-corrected chi connectivity index (χ0v) is 19.1. The minimum Gasteiger partial charge on any atom is -0.490 e. The molecule has 1 N–H and O–H groups in total. The smallest absolute Gasteiger partial charge is 0.338 e. The lowest BCUT2D eigenvalue weighted by atomic mass is 9.96. The van der Waals surface area contributed by atoms with Gasteiger partial charge in [-0.2, -0.15) is 0 Å². The zero-order chi connectivity index (χ0) is 22.2. The van der Waals surface area contributed by atoms with Crippen LogP contribution in [0.15, 0.2) is 64.8 Å². The number of carbonyl (C=O) groups is 1. The molecule has 164 valence electrons. The van der Waals surface area contributed by atoms with E-state index in [0.717, 1.165) is 22.0 Å². The summed E-state index contributed by atoms with van der Waals surface area (Å²) in [6, 6.07) is 15.2. The van der Waals surface area contributed by atoms with Crippen LogP contribution in [-0.2, 0) is 16.1 Å². The third kappa shape index (κ3) is 5.61. The standard InChI is InChI=1S/C24H28N2O4S/c1-5-28-20-14-18(12-13-19(20)30-15-17-10-8-7-9-11-17)22-21(23(27)29-6-2)16(3)25-24(26-22)31-4/h7-14,22H,5-6,15H2,1-4H3,(H,25,26)/t22-/m1/s1. The van der Waals surface area contributed by atoms with E-state index < -0.39 is 6.04 Å². The zero-order valence-electron chi connectivity index (χ0n) is 18.3. The number of carbonyl (C=O) groups excluding carboxylic acids is 1. The third-order valence-corrected chi connectivity index (χ3v) is 5.32. The maximum Gasteiger partial charge on any atom is 0.338 e. The number of aliphatic imine (C=N–C) groups is 1. The van der Waals surface area contributed by atoms with Crippen LogP contribution in [0.25, 0.3) is 0 Å². The molecular formula is C24H28N2O4S. The topological polar surface area (TPSA) is 69.2 Å². The summed E-state index contributed by atoms with van der Waals surface area (Å²) < 4.78 is 17.2. The van der Waals surface area contributed by atoms with Crippen molar-refractivity contribution in [1.29, 1.82) is 0 Å². The summed E-state index contributed by atoms with van der Waals surface area (Å²) in [6.07, 6.45) is 1.94. The fourth-order valence-electron chi connectivity index (χ4n) is 3.28. The summed E-state index contributed by atoms with van der Waals surface area (Å²) in [5.74, 6) is 0.899. The van der Waals surface area contributed by atoms with E-state index in [2.05, 4.69) is 5.32 Å². The normalized spacial score (nSPS) is 15.7. The van der Waals surface area contributed by atoms with Crippen molar-refractivity contribution in [2.24, 2.45) is 4.99 Å². The molecule has 2 aromatic rings. The van der Waals surface area contributed by atoms with Crippen molar-refractivity contribution < 1.29 is 19.0 Å². The monoisotopic (exact) mass is 440 g/mol. The Balaban J connectivity index is 1.93. The number of nitrogens with zero attached hydrogens (tertiary/aromatic N) is 1. The van der Waals surface area contributed by atoms with Crippen molar-refractivity contribution in [2.75, 3.05) is 19.5 Å². The van der Waals surface area contributed by atoms with Gasteiger partial charge in [0, 0.05) is 5.70 Å². The first kappa shape index (κ1) is 22.7. The molecule has 0 aromatic heterocycles. The minimum absolute atomic E-state index is 0.303. The summed E-state index contributed by atoms with van der Waals surface area (Å²) in [7, 11) is 0. The number of hydrogen-bond acceptors (Lipinski definition) is 7. The number of rotatable bonds is 8. The summed E-state index contributed by atoms with van der Waals surface area (Å²) >= 11 is 1.50. The molecule has 0 aliphatic carbocycles. The Morgan fingerprint density at radius 3 is 2.52 bits per heavy atom. The summed E-state index contributed by atoms with van der Waals surface area (Å²) in [5, 5.41) is 3.93. The molecule has 0 radical (unpaired) electrons. The van der Waals surface area contributed by atoms with E-state index in [1.807, 2.05) is 68.6 Å². The van der Waals surface area contributed by atoms with E-state index in [4.69, 9.17) is 19.2 Å². The highest BCUT2D eigenvalue weighted by molar-refractivity contribution is 8.13. The average Bonchev–Trinajstić information content (AvgIpc) is 2.78. The lowest BCUT2D eigenvalue weighted by molar-refractivity contribution is -0.138. The summed E-state index contributed by atoms with van der Waals surface area (Å²) in [4.78, 5) is 17.4. The van der Waals surface area contributed by atoms with E-state index >= 15 is 0 Å². The largest absolute Gasteiger partial charge is 0.490 e. The molecule has 0 spiro atoms. The number of benzene rings is 2. The number of esters is 1. The van der Waals surface area contributed by atoms with Crippen LogP contribution in [0.3, 0.4) is 0 Å². The molecule has 1 aliphatic heterocycles. The Bertz CT molecular complexity index is 973. The fourth-order valence-corrected chi connectivity index (χ4v) is 3.75. The molecule has 3 rings (SSSR count). The highest BCUT2D eigenvalue weighted by atomic mass is 32.2. The Kier molecular flexibility index (Phi) is 8.00. The van der Waals surface area contributed by atoms with E-state index in [0.29, 0.717) is 36.9 Å². The van der Waals surface area contributed by atoms with Crippen molar-refractivity contribution in [1.82, 2.24) is 5.32 Å². The van der Waals surface area contributed by atoms with Gasteiger partial charge in [0.1, 0.15) is 12.6 Å². The maximum atomic E-state index is 12.7. The first-order valence-corrected chi connectivity index (χ1v) is 11.5. The van der Waals surface area contributed by atoms with Crippen LogP contribution in [0.4, 0.5) is 0 Å². The van der Waals surface area contributed by atoms with Gasteiger partial charge in [0.05, 0.1) is 18.8 Å². The van der Waals surface area contributed by atoms with Gasteiger partial charge in [-0.25, -0.2) is 9.79 Å². The molecule has 1 aliphatic rings. The van der Waals surface area contributed by atoms with Gasteiger partial charge in [-0.1, -0.05) is 48.2 Å². The highest BCUT2D eigenvalue weighted by Crippen LogP contribution is 2.37. The molecule has 31 heavy (non-hydrogen) atoms. The molecule has 6 nitrogen and oxygen atoms in total. The lowest BCUT2D eigenvalue weighted by Gasteiger charge is -2.26. The Morgan fingerprint density at radius 1 is 1.06 bits per heavy atom. The van der Waals surface area contributed by atoms with Gasteiger partial charge in [-0.15, -0.1) is 0 Å². The number of allylic oxidation sites excluding steroid dienone is 1. The van der Waals surface area contributed by atoms with Gasteiger partial charge in [0.25, 0.3) is 0 Å². The molecule has 0 amide bonds. The second kappa shape index (κ2) is 10.9. The van der Waals surface area contributed by atoms with E-state index in [-0.39, 0.29) is 5.97 Å². The maximum absolute atomic E-state index is 12.7. The first-order valence-electron chi connectivity index (χ1n) is 10.3. The van der Waals surface area contributed by atoms with Gasteiger partial charge >= 0.3 is 5.97 Å². The molecule has 0 saturated carbocycles. The van der Waals surface area contributed by atoms with E-state index in [1.165, 1.54) is 11.8 Å². The summed E-state index contributed by atoms with van der Waals surface area (Å²) in [5.41, 5.74) is 3.15. The van der Waals surface area contributed by atoms with Crippen molar-refractivity contribution in [2.45, 2.75) is 33.4 Å². The van der Waals surface area contributed by atoms with Crippen LogP contribution in [0.2, 0.25) is 0 Å². The predicted octanol–water partition coefficient (Wildman–Crippen LogP) is 4.86. The van der Waals surface area contributed by atoms with Crippen molar-refractivity contribution in [3.8, 4) is 11.5 Å². The molecular weight excluding hydrogens is 412 g/mol. The first-order chi connectivity index (χ1) is 15.1. The second-order valence-electron chi connectivity index (χ2n) is 6.84. The van der Waals surface area contributed by atoms with Gasteiger partial charge in [0.2, 0.25) is 0 Å².